The molecule has 1 aliphatic rings. The number of sulfonamides is 1. The number of aromatic nitrogens is 1. The molecule has 0 N–H and O–H groups in total. The number of rotatable bonds is 8. The highest BCUT2D eigenvalue weighted by Gasteiger charge is 2.27. The fraction of sp³-hybridized carbons (Fsp3) is 0.368. The zero-order valence-electron chi connectivity index (χ0n) is 15.8. The molecule has 150 valence electrons. The lowest BCUT2D eigenvalue weighted by Crippen LogP contribution is -2.27. The van der Waals surface area contributed by atoms with Gasteiger partial charge in [-0.2, -0.15) is 4.31 Å². The van der Waals surface area contributed by atoms with Crippen LogP contribution in [0, 0.1) is 0 Å². The highest BCUT2D eigenvalue weighted by Crippen LogP contribution is 2.29. The van der Waals surface area contributed by atoms with Gasteiger partial charge in [-0.1, -0.05) is 11.8 Å². The largest absolute Gasteiger partial charge is 0.493 e. The lowest BCUT2D eigenvalue weighted by Gasteiger charge is -2.15. The van der Waals surface area contributed by atoms with Crippen molar-refractivity contribution in [3.05, 3.63) is 42.1 Å². The highest BCUT2D eigenvalue weighted by atomic mass is 32.2. The van der Waals surface area contributed by atoms with Gasteiger partial charge >= 0.3 is 0 Å². The Balaban J connectivity index is 1.64. The summed E-state index contributed by atoms with van der Waals surface area (Å²) in [6, 6.07) is 8.19. The zero-order chi connectivity index (χ0) is 20.1. The van der Waals surface area contributed by atoms with Crippen LogP contribution in [-0.4, -0.2) is 56.6 Å². The van der Waals surface area contributed by atoms with E-state index in [9.17, 15) is 13.2 Å². The number of carbonyl (C=O) groups excluding carboxylic acids is 1. The first kappa shape index (κ1) is 20.6. The third-order valence-corrected chi connectivity index (χ3v) is 7.29. The number of nitrogens with zero attached hydrogens (tertiary/aromatic N) is 2. The first-order chi connectivity index (χ1) is 13.5. The predicted octanol–water partition coefficient (Wildman–Crippen LogP) is 2.86. The summed E-state index contributed by atoms with van der Waals surface area (Å²) in [6.45, 7) is 1.11. The second-order valence-corrected chi connectivity index (χ2v) is 9.16. The minimum Gasteiger partial charge on any atom is -0.493 e. The zero-order valence-corrected chi connectivity index (χ0v) is 17.4. The molecule has 0 unspecified atom stereocenters. The molecule has 9 heteroatoms. The molecule has 2 aromatic rings. The predicted molar refractivity (Wildman–Crippen MR) is 107 cm³/mol. The van der Waals surface area contributed by atoms with Gasteiger partial charge in [0.1, 0.15) is 4.90 Å². The Morgan fingerprint density at radius 1 is 1.11 bits per heavy atom. The Labute approximate surface area is 169 Å². The van der Waals surface area contributed by atoms with Crippen molar-refractivity contribution in [2.45, 2.75) is 22.8 Å². The molecule has 1 aromatic heterocycles. The summed E-state index contributed by atoms with van der Waals surface area (Å²) in [6.07, 6.45) is 3.13. The van der Waals surface area contributed by atoms with Crippen molar-refractivity contribution in [2.24, 2.45) is 0 Å². The molecule has 3 rings (SSSR count). The molecule has 0 aliphatic carbocycles. The normalized spacial score (nSPS) is 14.8. The van der Waals surface area contributed by atoms with Gasteiger partial charge in [-0.05, 0) is 43.2 Å². The summed E-state index contributed by atoms with van der Waals surface area (Å²) in [4.78, 5) is 16.8. The van der Waals surface area contributed by atoms with E-state index in [0.29, 0.717) is 35.2 Å². The molecule has 0 saturated carbocycles. The molecule has 1 fully saturated rings. The molecule has 0 amide bonds. The monoisotopic (exact) mass is 422 g/mol. The number of hydrogen-bond donors (Lipinski definition) is 0. The summed E-state index contributed by atoms with van der Waals surface area (Å²) in [5.41, 5.74) is 0.512. The number of methoxy groups -OCH3 is 2. The van der Waals surface area contributed by atoms with Gasteiger partial charge < -0.3 is 9.47 Å². The van der Waals surface area contributed by atoms with E-state index < -0.39 is 10.0 Å². The van der Waals surface area contributed by atoms with E-state index in [1.807, 2.05) is 0 Å². The quantitative estimate of drug-likeness (QED) is 0.478. The summed E-state index contributed by atoms with van der Waals surface area (Å²) in [5.74, 6) is 1.15. The van der Waals surface area contributed by atoms with Gasteiger partial charge in [0.05, 0.1) is 25.0 Å². The molecule has 1 saturated heterocycles. The van der Waals surface area contributed by atoms with Crippen LogP contribution in [-0.2, 0) is 10.0 Å². The molecule has 2 heterocycles. The van der Waals surface area contributed by atoms with Crippen molar-refractivity contribution in [3.8, 4) is 11.5 Å². The van der Waals surface area contributed by atoms with Gasteiger partial charge in [0.15, 0.2) is 17.3 Å². The third-order valence-electron chi connectivity index (χ3n) is 4.47. The summed E-state index contributed by atoms with van der Waals surface area (Å²) in [7, 11) is -0.423. The van der Waals surface area contributed by atoms with Gasteiger partial charge in [0.2, 0.25) is 10.0 Å². The molecule has 0 radical (unpaired) electrons. The molecular weight excluding hydrogens is 400 g/mol. The first-order valence-corrected chi connectivity index (χ1v) is 11.2. The Morgan fingerprint density at radius 2 is 1.82 bits per heavy atom. The van der Waals surface area contributed by atoms with E-state index in [2.05, 4.69) is 4.98 Å². The molecular formula is C19H22N2O5S2. The minimum absolute atomic E-state index is 0.0819. The van der Waals surface area contributed by atoms with E-state index in [4.69, 9.17) is 9.47 Å². The number of benzene rings is 1. The van der Waals surface area contributed by atoms with Crippen LogP contribution in [0.4, 0.5) is 0 Å². The van der Waals surface area contributed by atoms with Gasteiger partial charge in [-0.15, -0.1) is 0 Å². The van der Waals surface area contributed by atoms with E-state index in [0.717, 1.165) is 12.8 Å². The number of hydrogen-bond acceptors (Lipinski definition) is 7. The van der Waals surface area contributed by atoms with E-state index >= 15 is 0 Å². The third kappa shape index (κ3) is 4.48. The Hall–Kier alpha value is -2.10. The number of Topliss-reactive ketones (excluding diaryl/α,β-unsaturated/α-hetero) is 1. The van der Waals surface area contributed by atoms with Gasteiger partial charge in [0, 0.05) is 24.8 Å². The number of carbonyl (C=O) groups is 1. The molecule has 28 heavy (non-hydrogen) atoms. The molecule has 7 nitrogen and oxygen atoms in total. The Kier molecular flexibility index (Phi) is 6.58. The van der Waals surface area contributed by atoms with Gasteiger partial charge in [-0.3, -0.25) is 4.79 Å². The lowest BCUT2D eigenvalue weighted by atomic mass is 10.1. The number of ether oxygens (including phenoxy) is 2. The van der Waals surface area contributed by atoms with Crippen LogP contribution in [0.3, 0.4) is 0 Å². The van der Waals surface area contributed by atoms with Crippen molar-refractivity contribution >= 4 is 27.6 Å². The number of pyridine rings is 1. The first-order valence-electron chi connectivity index (χ1n) is 8.80. The summed E-state index contributed by atoms with van der Waals surface area (Å²) >= 11 is 1.26. The van der Waals surface area contributed by atoms with Crippen molar-refractivity contribution in [3.63, 3.8) is 0 Å². The molecule has 1 aromatic carbocycles. The maximum atomic E-state index is 12.5. The van der Waals surface area contributed by atoms with E-state index in [-0.39, 0.29) is 16.4 Å². The van der Waals surface area contributed by atoms with Crippen LogP contribution in [0.5, 0.6) is 11.5 Å². The maximum Gasteiger partial charge on any atom is 0.244 e. The maximum absolute atomic E-state index is 12.5. The second kappa shape index (κ2) is 8.93. The van der Waals surface area contributed by atoms with Gasteiger partial charge in [-0.25, -0.2) is 13.4 Å². The summed E-state index contributed by atoms with van der Waals surface area (Å²) < 4.78 is 36.9. The standard InChI is InChI=1S/C19H22N2O5S2/c1-25-17-7-5-14(11-18(17)26-2)16(22)13-27-19-8-6-15(12-20-19)28(23,24)21-9-3-4-10-21/h5-8,11-12H,3-4,9-10,13H2,1-2H3. The lowest BCUT2D eigenvalue weighted by molar-refractivity contribution is 0.102. The SMILES string of the molecule is COc1ccc(C(=O)CSc2ccc(S(=O)(=O)N3CCCC3)cn2)cc1OC. The molecule has 0 spiro atoms. The highest BCUT2D eigenvalue weighted by molar-refractivity contribution is 7.99. The Morgan fingerprint density at radius 3 is 2.43 bits per heavy atom. The van der Waals surface area contributed by atoms with Crippen LogP contribution < -0.4 is 9.47 Å². The number of thioether (sulfide) groups is 1. The van der Waals surface area contributed by atoms with Crippen LogP contribution in [0.25, 0.3) is 0 Å². The van der Waals surface area contributed by atoms with Crippen molar-refractivity contribution in [1.82, 2.24) is 9.29 Å². The topological polar surface area (TPSA) is 85.8 Å². The number of ketones is 1. The van der Waals surface area contributed by atoms with Crippen LogP contribution >= 0.6 is 11.8 Å². The minimum atomic E-state index is -3.48. The fourth-order valence-electron chi connectivity index (χ4n) is 2.91. The van der Waals surface area contributed by atoms with Crippen LogP contribution in [0.1, 0.15) is 23.2 Å². The molecule has 0 bridgehead atoms. The smallest absolute Gasteiger partial charge is 0.244 e. The van der Waals surface area contributed by atoms with Gasteiger partial charge in [0.25, 0.3) is 0 Å². The van der Waals surface area contributed by atoms with Crippen molar-refractivity contribution in [2.75, 3.05) is 33.1 Å². The van der Waals surface area contributed by atoms with Crippen molar-refractivity contribution in [1.29, 1.82) is 0 Å². The summed E-state index contributed by atoms with van der Waals surface area (Å²) in [5, 5.41) is 0.592. The fourth-order valence-corrected chi connectivity index (χ4v) is 5.11. The average Bonchev–Trinajstić information content (AvgIpc) is 3.27. The van der Waals surface area contributed by atoms with E-state index in [1.54, 1.807) is 30.3 Å². The Bertz CT molecular complexity index is 939. The molecule has 0 atom stereocenters. The van der Waals surface area contributed by atoms with E-state index in [1.165, 1.54) is 36.5 Å². The molecule has 1 aliphatic heterocycles. The average molecular weight is 423 g/mol. The van der Waals surface area contributed by atoms with Crippen molar-refractivity contribution < 1.29 is 22.7 Å². The van der Waals surface area contributed by atoms with Crippen LogP contribution in [0.15, 0.2) is 46.5 Å². The van der Waals surface area contributed by atoms with Crippen LogP contribution in [0.2, 0.25) is 0 Å². The second-order valence-electron chi connectivity index (χ2n) is 6.22.